The molecule has 0 fully saturated rings. The van der Waals surface area contributed by atoms with Crippen molar-refractivity contribution in [1.29, 1.82) is 0 Å². The van der Waals surface area contributed by atoms with Gasteiger partial charge in [0.1, 0.15) is 0 Å². The molecule has 0 amide bonds. The molecule has 0 atom stereocenters. The highest BCUT2D eigenvalue weighted by Crippen LogP contribution is 2.40. The van der Waals surface area contributed by atoms with Gasteiger partial charge in [-0.25, -0.2) is 0 Å². The Kier molecular flexibility index (Phi) is 6.11. The van der Waals surface area contributed by atoms with E-state index in [4.69, 9.17) is 0 Å². The lowest BCUT2D eigenvalue weighted by Crippen LogP contribution is -2.10. The second-order valence-corrected chi connectivity index (χ2v) is 9.72. The highest BCUT2D eigenvalue weighted by molar-refractivity contribution is 9.10. The van der Waals surface area contributed by atoms with Crippen molar-refractivity contribution in [2.24, 2.45) is 0 Å². The highest BCUT2D eigenvalue weighted by atomic mass is 79.9. The van der Waals surface area contributed by atoms with Crippen molar-refractivity contribution in [3.05, 3.63) is 150 Å². The smallest absolute Gasteiger partial charge is 0.0540 e. The molecule has 0 aromatic heterocycles. The first-order chi connectivity index (χ1) is 17.8. The maximum atomic E-state index is 3.58. The minimum Gasteiger partial charge on any atom is -0.310 e. The maximum absolute atomic E-state index is 3.58. The predicted octanol–water partition coefficient (Wildman–Crippen LogP) is 10.4. The van der Waals surface area contributed by atoms with Gasteiger partial charge in [0.05, 0.1) is 5.69 Å². The van der Waals surface area contributed by atoms with Gasteiger partial charge >= 0.3 is 0 Å². The molecule has 0 heterocycles. The second-order valence-electron chi connectivity index (χ2n) is 8.81. The summed E-state index contributed by atoms with van der Waals surface area (Å²) >= 11 is 3.58. The summed E-state index contributed by atoms with van der Waals surface area (Å²) in [6, 6.07) is 51.7. The Morgan fingerprint density at radius 1 is 0.417 bits per heavy atom. The van der Waals surface area contributed by atoms with Crippen LogP contribution in [0.15, 0.2) is 150 Å². The fourth-order valence-corrected chi connectivity index (χ4v) is 5.15. The molecule has 6 aromatic carbocycles. The Morgan fingerprint density at radius 2 is 1.00 bits per heavy atom. The lowest BCUT2D eigenvalue weighted by Gasteiger charge is -2.27. The number of hydrogen-bond donors (Lipinski definition) is 0. The quantitative estimate of drug-likeness (QED) is 0.216. The summed E-state index contributed by atoms with van der Waals surface area (Å²) < 4.78 is 1.09. The second kappa shape index (κ2) is 9.85. The van der Waals surface area contributed by atoms with E-state index in [-0.39, 0.29) is 0 Å². The molecule has 2 heteroatoms. The molecule has 0 radical (unpaired) electrons. The average molecular weight is 526 g/mol. The van der Waals surface area contributed by atoms with Crippen LogP contribution < -0.4 is 4.90 Å². The average Bonchev–Trinajstić information content (AvgIpc) is 2.94. The van der Waals surface area contributed by atoms with Gasteiger partial charge in [-0.2, -0.15) is 0 Å². The minimum absolute atomic E-state index is 1.09. The first-order valence-electron chi connectivity index (χ1n) is 12.1. The summed E-state index contributed by atoms with van der Waals surface area (Å²) in [4.78, 5) is 2.35. The van der Waals surface area contributed by atoms with Gasteiger partial charge in [0.15, 0.2) is 0 Å². The molecule has 0 aliphatic carbocycles. The molecule has 0 aliphatic rings. The SMILES string of the molecule is Brc1cccc(-c2ccc(-c3cccc(N(c4ccccc4)c4cccc5ccccc45)c3)cc2)c1. The molecule has 0 unspecified atom stereocenters. The number of benzene rings is 6. The van der Waals surface area contributed by atoms with Crippen molar-refractivity contribution in [2.45, 2.75) is 0 Å². The van der Waals surface area contributed by atoms with Gasteiger partial charge in [-0.15, -0.1) is 0 Å². The van der Waals surface area contributed by atoms with Crippen LogP contribution in [-0.4, -0.2) is 0 Å². The lowest BCUT2D eigenvalue weighted by atomic mass is 9.99. The van der Waals surface area contributed by atoms with Gasteiger partial charge in [0, 0.05) is 21.2 Å². The fourth-order valence-electron chi connectivity index (χ4n) is 4.76. The van der Waals surface area contributed by atoms with E-state index in [0.29, 0.717) is 0 Å². The van der Waals surface area contributed by atoms with Crippen molar-refractivity contribution in [3.8, 4) is 22.3 Å². The zero-order valence-corrected chi connectivity index (χ0v) is 21.3. The molecule has 0 N–H and O–H groups in total. The molecule has 6 rings (SSSR count). The summed E-state index contributed by atoms with van der Waals surface area (Å²) in [5.41, 5.74) is 8.23. The van der Waals surface area contributed by atoms with E-state index in [9.17, 15) is 0 Å². The van der Waals surface area contributed by atoms with Gasteiger partial charge in [-0.3, -0.25) is 0 Å². The summed E-state index contributed by atoms with van der Waals surface area (Å²) in [6.07, 6.45) is 0. The van der Waals surface area contributed by atoms with Crippen LogP contribution >= 0.6 is 15.9 Å². The molecule has 6 aromatic rings. The monoisotopic (exact) mass is 525 g/mol. The number of nitrogens with zero attached hydrogens (tertiary/aromatic N) is 1. The molecular weight excluding hydrogens is 502 g/mol. The van der Waals surface area contributed by atoms with Gasteiger partial charge in [0.25, 0.3) is 0 Å². The summed E-state index contributed by atoms with van der Waals surface area (Å²) in [7, 11) is 0. The Labute approximate surface area is 220 Å². The lowest BCUT2D eigenvalue weighted by molar-refractivity contribution is 1.30. The van der Waals surface area contributed by atoms with E-state index in [1.165, 1.54) is 38.7 Å². The molecule has 0 saturated heterocycles. The van der Waals surface area contributed by atoms with Crippen LogP contribution in [0, 0.1) is 0 Å². The highest BCUT2D eigenvalue weighted by Gasteiger charge is 2.15. The number of fused-ring (bicyclic) bond motifs is 1. The third-order valence-corrected chi connectivity index (χ3v) is 7.00. The van der Waals surface area contributed by atoms with Crippen LogP contribution in [-0.2, 0) is 0 Å². The van der Waals surface area contributed by atoms with Gasteiger partial charge in [0.2, 0.25) is 0 Å². The Morgan fingerprint density at radius 3 is 1.75 bits per heavy atom. The van der Waals surface area contributed by atoms with Crippen LogP contribution in [0.3, 0.4) is 0 Å². The zero-order chi connectivity index (χ0) is 24.3. The Balaban J connectivity index is 1.44. The van der Waals surface area contributed by atoms with Crippen molar-refractivity contribution in [1.82, 2.24) is 0 Å². The first kappa shape index (κ1) is 22.3. The molecule has 0 saturated carbocycles. The van der Waals surface area contributed by atoms with E-state index in [2.05, 4.69) is 166 Å². The van der Waals surface area contributed by atoms with E-state index in [1.807, 2.05) is 0 Å². The van der Waals surface area contributed by atoms with Crippen molar-refractivity contribution in [2.75, 3.05) is 4.90 Å². The summed E-state index contributed by atoms with van der Waals surface area (Å²) in [6.45, 7) is 0. The molecule has 0 bridgehead atoms. The maximum Gasteiger partial charge on any atom is 0.0540 e. The molecule has 0 aliphatic heterocycles. The zero-order valence-electron chi connectivity index (χ0n) is 19.7. The number of anilines is 3. The van der Waals surface area contributed by atoms with Crippen molar-refractivity contribution < 1.29 is 0 Å². The first-order valence-corrected chi connectivity index (χ1v) is 12.8. The van der Waals surface area contributed by atoms with E-state index in [0.717, 1.165) is 15.8 Å². The van der Waals surface area contributed by atoms with Crippen LogP contribution in [0.4, 0.5) is 17.1 Å². The molecule has 0 spiro atoms. The van der Waals surface area contributed by atoms with Gasteiger partial charge in [-0.05, 0) is 70.1 Å². The van der Waals surface area contributed by atoms with Crippen LogP contribution in [0.5, 0.6) is 0 Å². The number of hydrogen-bond acceptors (Lipinski definition) is 1. The van der Waals surface area contributed by atoms with Gasteiger partial charge in [-0.1, -0.05) is 119 Å². The Hall–Kier alpha value is -4.14. The largest absolute Gasteiger partial charge is 0.310 e. The molecular formula is C34H24BrN. The molecule has 172 valence electrons. The number of rotatable bonds is 5. The normalized spacial score (nSPS) is 10.9. The third kappa shape index (κ3) is 4.44. The van der Waals surface area contributed by atoms with E-state index >= 15 is 0 Å². The Bertz CT molecular complexity index is 1630. The summed E-state index contributed by atoms with van der Waals surface area (Å²) in [5.74, 6) is 0. The van der Waals surface area contributed by atoms with Crippen LogP contribution in [0.25, 0.3) is 33.0 Å². The third-order valence-electron chi connectivity index (χ3n) is 6.50. The standard InChI is InChI=1S/C34H24BrN/c35-30-13-6-11-28(23-30)25-19-21-26(22-20-25)29-12-7-16-32(24-29)36(31-14-2-1-3-15-31)34-18-8-10-27-9-4-5-17-33(27)34/h1-24H. The minimum atomic E-state index is 1.09. The van der Waals surface area contributed by atoms with E-state index < -0.39 is 0 Å². The van der Waals surface area contributed by atoms with Crippen molar-refractivity contribution >= 4 is 43.8 Å². The molecule has 36 heavy (non-hydrogen) atoms. The van der Waals surface area contributed by atoms with Crippen molar-refractivity contribution in [3.63, 3.8) is 0 Å². The number of para-hydroxylation sites is 1. The van der Waals surface area contributed by atoms with Gasteiger partial charge < -0.3 is 4.90 Å². The summed E-state index contributed by atoms with van der Waals surface area (Å²) in [5, 5.41) is 2.46. The number of halogens is 1. The fraction of sp³-hybridized carbons (Fsp3) is 0. The topological polar surface area (TPSA) is 3.24 Å². The van der Waals surface area contributed by atoms with E-state index in [1.54, 1.807) is 0 Å². The predicted molar refractivity (Wildman–Crippen MR) is 157 cm³/mol. The van der Waals surface area contributed by atoms with Crippen LogP contribution in [0.1, 0.15) is 0 Å². The molecule has 1 nitrogen and oxygen atoms in total. The van der Waals surface area contributed by atoms with Crippen LogP contribution in [0.2, 0.25) is 0 Å².